The average Bonchev–Trinajstić information content (AvgIpc) is 3.30. The van der Waals surface area contributed by atoms with E-state index in [1.807, 2.05) is 10.5 Å². The molecule has 27 heavy (non-hydrogen) atoms. The molecule has 0 atom stereocenters. The Morgan fingerprint density at radius 2 is 2.19 bits per heavy atom. The van der Waals surface area contributed by atoms with Gasteiger partial charge in [-0.15, -0.1) is 0 Å². The van der Waals surface area contributed by atoms with Crippen LogP contribution < -0.4 is 11.2 Å². The molecule has 136 valence electrons. The number of aromatic nitrogens is 6. The number of imidazole rings is 1. The fraction of sp³-hybridized carbons (Fsp3) is 0.0588. The average molecular weight is 365 g/mol. The van der Waals surface area contributed by atoms with E-state index < -0.39 is 5.82 Å². The molecule has 0 saturated carbocycles. The van der Waals surface area contributed by atoms with Crippen LogP contribution >= 0.6 is 0 Å². The summed E-state index contributed by atoms with van der Waals surface area (Å²) in [5.74, 6) is 5.66. The zero-order valence-electron chi connectivity index (χ0n) is 14.4. The van der Waals surface area contributed by atoms with Gasteiger partial charge in [-0.2, -0.15) is 5.10 Å². The summed E-state index contributed by atoms with van der Waals surface area (Å²) in [6.07, 6.45) is 11.5. The first-order valence-corrected chi connectivity index (χ1v) is 8.01. The Balaban J connectivity index is 1.65. The summed E-state index contributed by atoms with van der Waals surface area (Å²) in [5, 5.41) is 8.48. The number of rotatable bonds is 5. The van der Waals surface area contributed by atoms with Crippen LogP contribution in [0.2, 0.25) is 0 Å². The van der Waals surface area contributed by atoms with E-state index in [4.69, 9.17) is 5.84 Å². The van der Waals surface area contributed by atoms with E-state index in [0.29, 0.717) is 22.8 Å². The summed E-state index contributed by atoms with van der Waals surface area (Å²) in [6, 6.07) is 4.72. The van der Waals surface area contributed by atoms with Gasteiger partial charge in [0.05, 0.1) is 11.9 Å². The van der Waals surface area contributed by atoms with Gasteiger partial charge in [0.25, 0.3) is 0 Å². The van der Waals surface area contributed by atoms with Crippen molar-refractivity contribution in [2.45, 2.75) is 0 Å². The Bertz CT molecular complexity index is 1100. The van der Waals surface area contributed by atoms with Gasteiger partial charge in [0.15, 0.2) is 17.3 Å². The molecular formula is C17H16FN9. The normalized spacial score (nSPS) is 11.4. The predicted octanol–water partition coefficient (Wildman–Crippen LogP) is 1.97. The monoisotopic (exact) mass is 365 g/mol. The van der Waals surface area contributed by atoms with Crippen molar-refractivity contribution in [1.29, 1.82) is 0 Å². The summed E-state index contributed by atoms with van der Waals surface area (Å²) >= 11 is 0. The smallest absolute Gasteiger partial charge is 0.180 e. The summed E-state index contributed by atoms with van der Waals surface area (Å²) in [6.45, 7) is 0. The minimum Gasteiger partial charge on any atom is -0.337 e. The standard InChI is InChI=1S/C17H16FN9/c1-25(19)6-4-13-9-22-17-16(21-5-7-26(13)17)24-12-2-3-15(14(18)8-12)27-11-20-10-23-27/h2-11H,19H2,1H3,(H,21,24)/b6-4+. The van der Waals surface area contributed by atoms with Gasteiger partial charge in [-0.05, 0) is 24.3 Å². The molecule has 3 aromatic heterocycles. The summed E-state index contributed by atoms with van der Waals surface area (Å²) in [5.41, 5.74) is 2.29. The van der Waals surface area contributed by atoms with Gasteiger partial charge >= 0.3 is 0 Å². The first-order chi connectivity index (χ1) is 13.1. The first kappa shape index (κ1) is 16.7. The summed E-state index contributed by atoms with van der Waals surface area (Å²) in [7, 11) is 1.73. The number of nitrogens with two attached hydrogens (primary N) is 1. The van der Waals surface area contributed by atoms with Gasteiger partial charge in [0, 0.05) is 31.3 Å². The van der Waals surface area contributed by atoms with Crippen LogP contribution in [0.1, 0.15) is 5.69 Å². The molecule has 0 unspecified atom stereocenters. The zero-order chi connectivity index (χ0) is 18.8. The molecule has 0 spiro atoms. The first-order valence-electron chi connectivity index (χ1n) is 8.01. The number of hydrogen-bond acceptors (Lipinski definition) is 7. The fourth-order valence-electron chi connectivity index (χ4n) is 2.58. The number of anilines is 2. The number of halogens is 1. The van der Waals surface area contributed by atoms with Crippen molar-refractivity contribution in [3.8, 4) is 5.69 Å². The van der Waals surface area contributed by atoms with Crippen LogP contribution in [0.3, 0.4) is 0 Å². The lowest BCUT2D eigenvalue weighted by Crippen LogP contribution is -2.18. The highest BCUT2D eigenvalue weighted by Gasteiger charge is 2.10. The van der Waals surface area contributed by atoms with E-state index in [1.165, 1.54) is 28.4 Å². The lowest BCUT2D eigenvalue weighted by molar-refractivity contribution is 0.488. The minimum atomic E-state index is -0.435. The minimum absolute atomic E-state index is 0.309. The van der Waals surface area contributed by atoms with E-state index in [-0.39, 0.29) is 0 Å². The molecule has 3 heterocycles. The largest absolute Gasteiger partial charge is 0.337 e. The number of hydrazine groups is 1. The molecular weight excluding hydrogens is 349 g/mol. The van der Waals surface area contributed by atoms with E-state index in [2.05, 4.69) is 25.4 Å². The van der Waals surface area contributed by atoms with Gasteiger partial charge < -0.3 is 10.3 Å². The molecule has 0 aliphatic heterocycles. The van der Waals surface area contributed by atoms with Gasteiger partial charge in [-0.1, -0.05) is 0 Å². The molecule has 10 heteroatoms. The Morgan fingerprint density at radius 3 is 2.93 bits per heavy atom. The van der Waals surface area contributed by atoms with Crippen molar-refractivity contribution >= 4 is 23.2 Å². The maximum atomic E-state index is 14.4. The van der Waals surface area contributed by atoms with E-state index in [9.17, 15) is 4.39 Å². The van der Waals surface area contributed by atoms with E-state index in [1.54, 1.807) is 44.0 Å². The van der Waals surface area contributed by atoms with Crippen LogP contribution in [-0.4, -0.2) is 41.2 Å². The summed E-state index contributed by atoms with van der Waals surface area (Å²) in [4.78, 5) is 12.5. The maximum Gasteiger partial charge on any atom is 0.180 e. The third-order valence-electron chi connectivity index (χ3n) is 3.81. The van der Waals surface area contributed by atoms with Crippen LogP contribution in [0, 0.1) is 5.82 Å². The second kappa shape index (κ2) is 6.84. The number of nitrogens with one attached hydrogen (secondary N) is 1. The Labute approximate surface area is 153 Å². The van der Waals surface area contributed by atoms with Crippen molar-refractivity contribution in [2.75, 3.05) is 12.4 Å². The number of fused-ring (bicyclic) bond motifs is 1. The van der Waals surface area contributed by atoms with E-state index in [0.717, 1.165) is 5.69 Å². The van der Waals surface area contributed by atoms with E-state index >= 15 is 0 Å². The van der Waals surface area contributed by atoms with Crippen molar-refractivity contribution in [1.82, 2.24) is 34.1 Å². The highest BCUT2D eigenvalue weighted by molar-refractivity contribution is 5.71. The third kappa shape index (κ3) is 3.33. The number of hydrogen-bond donors (Lipinski definition) is 2. The second-order valence-electron chi connectivity index (χ2n) is 5.76. The molecule has 4 aromatic rings. The van der Waals surface area contributed by atoms with Gasteiger partial charge in [-0.3, -0.25) is 4.40 Å². The molecule has 1 aromatic carbocycles. The molecule has 0 aliphatic carbocycles. The van der Waals surface area contributed by atoms with Crippen LogP contribution in [0.5, 0.6) is 0 Å². The fourth-order valence-corrected chi connectivity index (χ4v) is 2.58. The van der Waals surface area contributed by atoms with Crippen molar-refractivity contribution in [3.05, 3.63) is 67.2 Å². The molecule has 0 radical (unpaired) electrons. The Morgan fingerprint density at radius 1 is 1.30 bits per heavy atom. The molecule has 0 amide bonds. The quantitative estimate of drug-likeness (QED) is 0.412. The van der Waals surface area contributed by atoms with Crippen LogP contribution in [0.25, 0.3) is 17.4 Å². The molecule has 0 bridgehead atoms. The topological polar surface area (TPSA) is 102 Å². The number of benzene rings is 1. The number of nitrogens with zero attached hydrogens (tertiary/aromatic N) is 7. The molecule has 0 fully saturated rings. The van der Waals surface area contributed by atoms with Gasteiger partial charge in [0.2, 0.25) is 0 Å². The second-order valence-corrected chi connectivity index (χ2v) is 5.76. The van der Waals surface area contributed by atoms with Crippen LogP contribution in [0.4, 0.5) is 15.9 Å². The molecule has 0 saturated heterocycles. The lowest BCUT2D eigenvalue weighted by Gasteiger charge is -2.09. The van der Waals surface area contributed by atoms with Gasteiger partial charge in [-0.25, -0.2) is 29.9 Å². The third-order valence-corrected chi connectivity index (χ3v) is 3.81. The highest BCUT2D eigenvalue weighted by atomic mass is 19.1. The van der Waals surface area contributed by atoms with Crippen molar-refractivity contribution in [2.24, 2.45) is 5.84 Å². The molecule has 4 rings (SSSR count). The Kier molecular flexibility index (Phi) is 4.22. The molecule has 9 nitrogen and oxygen atoms in total. The molecule has 0 aliphatic rings. The van der Waals surface area contributed by atoms with Crippen molar-refractivity contribution < 1.29 is 4.39 Å². The van der Waals surface area contributed by atoms with Gasteiger partial charge in [0.1, 0.15) is 18.3 Å². The highest BCUT2D eigenvalue weighted by Crippen LogP contribution is 2.23. The maximum absolute atomic E-state index is 14.4. The molecule has 3 N–H and O–H groups in total. The van der Waals surface area contributed by atoms with Crippen molar-refractivity contribution in [3.63, 3.8) is 0 Å². The Hall–Kier alpha value is -3.79. The SMILES string of the molecule is CN(N)/C=C/c1cnc2c(Nc3ccc(-n4cncn4)c(F)c3)nccn12. The summed E-state index contributed by atoms with van der Waals surface area (Å²) < 4.78 is 17.6. The predicted molar refractivity (Wildman–Crippen MR) is 98.6 cm³/mol. The van der Waals surface area contributed by atoms with Crippen LogP contribution in [-0.2, 0) is 0 Å². The van der Waals surface area contributed by atoms with Crippen LogP contribution in [0.15, 0.2) is 55.6 Å². The zero-order valence-corrected chi connectivity index (χ0v) is 14.4. The lowest BCUT2D eigenvalue weighted by atomic mass is 10.2.